The first-order chi connectivity index (χ1) is 8.84. The second-order valence-corrected chi connectivity index (χ2v) is 6.54. The van der Waals surface area contributed by atoms with Gasteiger partial charge in [-0.3, -0.25) is 0 Å². The Morgan fingerprint density at radius 1 is 1.28 bits per heavy atom. The summed E-state index contributed by atoms with van der Waals surface area (Å²) in [7, 11) is 0. The van der Waals surface area contributed by atoms with Crippen LogP contribution in [0.5, 0.6) is 0 Å². The number of nitrogens with zero attached hydrogens (tertiary/aromatic N) is 1. The smallest absolute Gasteiger partial charge is 0.113 e. The van der Waals surface area contributed by atoms with Crippen LogP contribution in [-0.2, 0) is 18.4 Å². The quantitative estimate of drug-likeness (QED) is 0.880. The van der Waals surface area contributed by atoms with Gasteiger partial charge in [-0.25, -0.2) is 4.98 Å². The lowest BCUT2D eigenvalue weighted by Gasteiger charge is -2.36. The topological polar surface area (TPSA) is 37.0 Å². The molecule has 1 aromatic rings. The molecule has 2 heterocycles. The second-order valence-electron chi connectivity index (χ2n) is 5.46. The Balaban J connectivity index is 1.91. The summed E-state index contributed by atoms with van der Waals surface area (Å²) in [5.74, 6) is 0. The fourth-order valence-electron chi connectivity index (χ4n) is 3.21. The van der Waals surface area contributed by atoms with Gasteiger partial charge in [0.2, 0.25) is 0 Å². The number of rotatable bonds is 3. The van der Waals surface area contributed by atoms with E-state index in [1.165, 1.54) is 49.2 Å². The monoisotopic (exact) mass is 265 g/mol. The van der Waals surface area contributed by atoms with Crippen LogP contribution in [0.1, 0.15) is 48.2 Å². The van der Waals surface area contributed by atoms with E-state index in [1.807, 2.05) is 11.3 Å². The molecule has 2 aliphatic rings. The van der Waals surface area contributed by atoms with Crippen molar-refractivity contribution >= 4 is 11.3 Å². The number of aryl methyl sites for hydroxylation is 2. The number of aromatic nitrogens is 1. The standard InChI is InChI=1S/C14H23N3S/c1-2-16-14(7-9-15-10-8-14)13-17-11-5-3-4-6-12(11)18-13/h15-16H,2-10H2,1H3. The first-order valence-electron chi connectivity index (χ1n) is 7.29. The lowest BCUT2D eigenvalue weighted by molar-refractivity contribution is 0.250. The Morgan fingerprint density at radius 3 is 2.78 bits per heavy atom. The molecule has 1 aliphatic carbocycles. The molecule has 1 aliphatic heterocycles. The molecule has 0 amide bonds. The third-order valence-electron chi connectivity index (χ3n) is 4.23. The van der Waals surface area contributed by atoms with Crippen molar-refractivity contribution in [1.29, 1.82) is 0 Å². The van der Waals surface area contributed by atoms with Gasteiger partial charge in [0, 0.05) is 4.88 Å². The summed E-state index contributed by atoms with van der Waals surface area (Å²) < 4.78 is 0. The molecule has 1 fully saturated rings. The van der Waals surface area contributed by atoms with Gasteiger partial charge < -0.3 is 10.6 Å². The highest BCUT2D eigenvalue weighted by molar-refractivity contribution is 7.11. The van der Waals surface area contributed by atoms with E-state index < -0.39 is 0 Å². The Morgan fingerprint density at radius 2 is 2.06 bits per heavy atom. The van der Waals surface area contributed by atoms with E-state index in [2.05, 4.69) is 17.6 Å². The maximum absolute atomic E-state index is 4.99. The van der Waals surface area contributed by atoms with Crippen molar-refractivity contribution in [1.82, 2.24) is 15.6 Å². The van der Waals surface area contributed by atoms with Crippen molar-refractivity contribution in [3.63, 3.8) is 0 Å². The maximum atomic E-state index is 4.99. The van der Waals surface area contributed by atoms with Crippen LogP contribution in [0.3, 0.4) is 0 Å². The van der Waals surface area contributed by atoms with Crippen LogP contribution in [0.2, 0.25) is 0 Å². The molecule has 0 unspecified atom stereocenters. The molecule has 0 bridgehead atoms. The molecule has 3 rings (SSSR count). The van der Waals surface area contributed by atoms with Crippen molar-refractivity contribution < 1.29 is 0 Å². The van der Waals surface area contributed by atoms with Gasteiger partial charge in [0.1, 0.15) is 5.01 Å². The van der Waals surface area contributed by atoms with Gasteiger partial charge in [-0.2, -0.15) is 0 Å². The lowest BCUT2D eigenvalue weighted by atomic mass is 9.89. The summed E-state index contributed by atoms with van der Waals surface area (Å²) in [5, 5.41) is 8.56. The number of hydrogen-bond donors (Lipinski definition) is 2. The third-order valence-corrected chi connectivity index (χ3v) is 5.59. The highest BCUT2D eigenvalue weighted by Crippen LogP contribution is 2.37. The summed E-state index contributed by atoms with van der Waals surface area (Å²) in [5.41, 5.74) is 1.55. The average molecular weight is 265 g/mol. The molecule has 18 heavy (non-hydrogen) atoms. The Hall–Kier alpha value is -0.450. The fourth-order valence-corrected chi connectivity index (χ4v) is 4.59. The van der Waals surface area contributed by atoms with Crippen LogP contribution in [0, 0.1) is 0 Å². The van der Waals surface area contributed by atoms with Crippen LogP contribution in [0.4, 0.5) is 0 Å². The minimum absolute atomic E-state index is 0.155. The third kappa shape index (κ3) is 2.22. The van der Waals surface area contributed by atoms with Crippen molar-refractivity contribution in [2.24, 2.45) is 0 Å². The van der Waals surface area contributed by atoms with E-state index in [-0.39, 0.29) is 5.54 Å². The molecule has 1 saturated heterocycles. The van der Waals surface area contributed by atoms with Crippen LogP contribution in [0.15, 0.2) is 0 Å². The molecule has 0 radical (unpaired) electrons. The first-order valence-corrected chi connectivity index (χ1v) is 8.10. The van der Waals surface area contributed by atoms with E-state index in [9.17, 15) is 0 Å². The minimum atomic E-state index is 0.155. The van der Waals surface area contributed by atoms with Gasteiger partial charge >= 0.3 is 0 Å². The molecule has 0 atom stereocenters. The van der Waals surface area contributed by atoms with E-state index in [0.29, 0.717) is 0 Å². The largest absolute Gasteiger partial charge is 0.317 e. The van der Waals surface area contributed by atoms with Crippen molar-refractivity contribution in [2.45, 2.75) is 51.0 Å². The van der Waals surface area contributed by atoms with Gasteiger partial charge in [-0.05, 0) is 58.2 Å². The van der Waals surface area contributed by atoms with E-state index in [1.54, 1.807) is 4.88 Å². The molecule has 0 aromatic carbocycles. The van der Waals surface area contributed by atoms with Crippen LogP contribution >= 0.6 is 11.3 Å². The summed E-state index contributed by atoms with van der Waals surface area (Å²) in [6.45, 7) is 5.45. The van der Waals surface area contributed by atoms with Gasteiger partial charge in [0.05, 0.1) is 11.2 Å². The van der Waals surface area contributed by atoms with Crippen molar-refractivity contribution in [3.05, 3.63) is 15.6 Å². The van der Waals surface area contributed by atoms with E-state index >= 15 is 0 Å². The average Bonchev–Trinajstić information content (AvgIpc) is 2.84. The summed E-state index contributed by atoms with van der Waals surface area (Å²) in [4.78, 5) is 6.56. The molecule has 2 N–H and O–H groups in total. The second kappa shape index (κ2) is 5.27. The van der Waals surface area contributed by atoms with E-state index in [0.717, 1.165) is 19.6 Å². The Bertz CT molecular complexity index is 378. The summed E-state index contributed by atoms with van der Waals surface area (Å²) in [6.07, 6.45) is 7.48. The number of piperidine rings is 1. The molecule has 0 spiro atoms. The SMILES string of the molecule is CCNC1(c2nc3c(s2)CCCC3)CCNCC1. The minimum Gasteiger partial charge on any atom is -0.317 e. The highest BCUT2D eigenvalue weighted by atomic mass is 32.1. The number of nitrogens with one attached hydrogen (secondary N) is 2. The first kappa shape index (κ1) is 12.6. The molecular weight excluding hydrogens is 242 g/mol. The number of fused-ring (bicyclic) bond motifs is 1. The molecule has 100 valence electrons. The van der Waals surface area contributed by atoms with Crippen LogP contribution in [-0.4, -0.2) is 24.6 Å². The highest BCUT2D eigenvalue weighted by Gasteiger charge is 2.36. The molecule has 1 aromatic heterocycles. The Labute approximate surface area is 113 Å². The zero-order chi connectivity index (χ0) is 12.4. The number of thiazole rings is 1. The molecule has 0 saturated carbocycles. The van der Waals surface area contributed by atoms with Crippen molar-refractivity contribution in [2.75, 3.05) is 19.6 Å². The predicted molar refractivity (Wildman–Crippen MR) is 76.2 cm³/mol. The summed E-state index contributed by atoms with van der Waals surface area (Å²) >= 11 is 1.98. The van der Waals surface area contributed by atoms with Gasteiger partial charge in [0.25, 0.3) is 0 Å². The van der Waals surface area contributed by atoms with Crippen LogP contribution < -0.4 is 10.6 Å². The molecule has 3 nitrogen and oxygen atoms in total. The van der Waals surface area contributed by atoms with Gasteiger partial charge in [0.15, 0.2) is 0 Å². The lowest BCUT2D eigenvalue weighted by Crippen LogP contribution is -2.49. The molecule has 4 heteroatoms. The van der Waals surface area contributed by atoms with Gasteiger partial charge in [-0.15, -0.1) is 11.3 Å². The zero-order valence-corrected chi connectivity index (χ0v) is 12.0. The molecular formula is C14H23N3S. The Kier molecular flexibility index (Phi) is 3.68. The normalized spacial score (nSPS) is 22.7. The predicted octanol–water partition coefficient (Wildman–Crippen LogP) is 2.21. The number of hydrogen-bond acceptors (Lipinski definition) is 4. The van der Waals surface area contributed by atoms with Crippen LogP contribution in [0.25, 0.3) is 0 Å². The maximum Gasteiger partial charge on any atom is 0.113 e. The van der Waals surface area contributed by atoms with Gasteiger partial charge in [-0.1, -0.05) is 6.92 Å². The zero-order valence-electron chi connectivity index (χ0n) is 11.2. The summed E-state index contributed by atoms with van der Waals surface area (Å²) in [6, 6.07) is 0. The fraction of sp³-hybridized carbons (Fsp3) is 0.786. The van der Waals surface area contributed by atoms with Crippen molar-refractivity contribution in [3.8, 4) is 0 Å². The van der Waals surface area contributed by atoms with E-state index in [4.69, 9.17) is 4.98 Å².